The number of hydrogen-bond acceptors (Lipinski definition) is 2. The van der Waals surface area contributed by atoms with Gasteiger partial charge in [-0.15, -0.1) is 0 Å². The summed E-state index contributed by atoms with van der Waals surface area (Å²) < 4.78 is 7.77. The van der Waals surface area contributed by atoms with Crippen molar-refractivity contribution in [1.82, 2.24) is 9.55 Å². The fourth-order valence-electron chi connectivity index (χ4n) is 4.97. The molecule has 0 unspecified atom stereocenters. The lowest BCUT2D eigenvalue weighted by Crippen LogP contribution is -2.10. The molecule has 3 aromatic carbocycles. The maximum atomic E-state index is 13.9. The summed E-state index contributed by atoms with van der Waals surface area (Å²) in [5.41, 5.74) is 7.13. The molecule has 4 nitrogen and oxygen atoms in total. The molecular weight excluding hydrogens is 444 g/mol. The van der Waals surface area contributed by atoms with Gasteiger partial charge in [-0.2, -0.15) is 0 Å². The number of benzene rings is 3. The third kappa shape index (κ3) is 4.72. The minimum absolute atomic E-state index is 0.0936. The van der Waals surface area contributed by atoms with Gasteiger partial charge in [0.2, 0.25) is 0 Å². The van der Waals surface area contributed by atoms with Crippen molar-refractivity contribution in [3.8, 4) is 16.9 Å². The number of carbonyl (C=O) groups excluding carboxylic acids is 1. The molecule has 0 atom stereocenters. The van der Waals surface area contributed by atoms with Gasteiger partial charge in [-0.3, -0.25) is 4.79 Å². The number of aromatic amines is 1. The maximum absolute atomic E-state index is 13.9. The molecule has 0 aliphatic carbocycles. The fourth-order valence-corrected chi connectivity index (χ4v) is 4.97. The quantitative estimate of drug-likeness (QED) is 0.213. The number of H-pyrrole nitrogens is 1. The lowest BCUT2D eigenvalue weighted by atomic mass is 9.94. The number of ketones is 1. The van der Waals surface area contributed by atoms with Gasteiger partial charge >= 0.3 is 0 Å². The van der Waals surface area contributed by atoms with Gasteiger partial charge in [0.25, 0.3) is 0 Å². The first kappa shape index (κ1) is 23.7. The zero-order valence-electron chi connectivity index (χ0n) is 21.0. The predicted molar refractivity (Wildman–Crippen MR) is 147 cm³/mol. The molecule has 0 aliphatic heterocycles. The van der Waals surface area contributed by atoms with Crippen LogP contribution < -0.4 is 4.74 Å². The Morgan fingerprint density at radius 3 is 2.42 bits per heavy atom. The summed E-state index contributed by atoms with van der Waals surface area (Å²) in [6, 6.07) is 26.1. The fraction of sp³-hybridized carbons (Fsp3) is 0.219. The minimum Gasteiger partial charge on any atom is -0.497 e. The van der Waals surface area contributed by atoms with Crippen LogP contribution >= 0.6 is 0 Å². The van der Waals surface area contributed by atoms with E-state index < -0.39 is 0 Å². The Hall–Kier alpha value is -4.05. The largest absolute Gasteiger partial charge is 0.497 e. The molecule has 2 heterocycles. The normalized spacial score (nSPS) is 11.2. The van der Waals surface area contributed by atoms with E-state index in [0.29, 0.717) is 0 Å². The monoisotopic (exact) mass is 476 g/mol. The van der Waals surface area contributed by atoms with Crippen molar-refractivity contribution < 1.29 is 9.53 Å². The third-order valence-electron chi connectivity index (χ3n) is 6.90. The number of aromatic nitrogens is 2. The van der Waals surface area contributed by atoms with Crippen LogP contribution in [-0.4, -0.2) is 22.4 Å². The average molecular weight is 477 g/mol. The van der Waals surface area contributed by atoms with Crippen molar-refractivity contribution >= 4 is 16.7 Å². The molecule has 5 aromatic rings. The number of hydrogen-bond donors (Lipinski definition) is 1. The molecule has 0 fully saturated rings. The highest BCUT2D eigenvalue weighted by atomic mass is 16.5. The third-order valence-corrected chi connectivity index (χ3v) is 6.90. The van der Waals surface area contributed by atoms with Crippen LogP contribution in [0.3, 0.4) is 0 Å². The van der Waals surface area contributed by atoms with Crippen molar-refractivity contribution in [2.75, 3.05) is 7.11 Å². The zero-order valence-corrected chi connectivity index (χ0v) is 21.0. The lowest BCUT2D eigenvalue weighted by Gasteiger charge is -2.12. The summed E-state index contributed by atoms with van der Waals surface area (Å²) in [4.78, 5) is 17.3. The highest BCUT2D eigenvalue weighted by Crippen LogP contribution is 2.32. The molecule has 182 valence electrons. The topological polar surface area (TPSA) is 47.0 Å². The Kier molecular flexibility index (Phi) is 7.03. The molecule has 36 heavy (non-hydrogen) atoms. The van der Waals surface area contributed by atoms with E-state index in [9.17, 15) is 4.79 Å². The minimum atomic E-state index is 0.0936. The molecule has 0 saturated heterocycles. The molecule has 0 spiro atoms. The van der Waals surface area contributed by atoms with Gasteiger partial charge in [0, 0.05) is 46.7 Å². The van der Waals surface area contributed by atoms with Crippen LogP contribution in [0, 0.1) is 0 Å². The highest BCUT2D eigenvalue weighted by Gasteiger charge is 2.23. The number of carbonyl (C=O) groups is 1. The number of rotatable bonds is 10. The van der Waals surface area contributed by atoms with Gasteiger partial charge in [0.1, 0.15) is 5.75 Å². The van der Waals surface area contributed by atoms with E-state index in [1.54, 1.807) is 7.11 Å². The van der Waals surface area contributed by atoms with Crippen molar-refractivity contribution in [3.63, 3.8) is 0 Å². The van der Waals surface area contributed by atoms with Crippen molar-refractivity contribution in [3.05, 3.63) is 114 Å². The molecule has 0 amide bonds. The van der Waals surface area contributed by atoms with Crippen molar-refractivity contribution in [2.24, 2.45) is 0 Å². The average Bonchev–Trinajstić information content (AvgIpc) is 3.51. The maximum Gasteiger partial charge on any atom is 0.195 e. The highest BCUT2D eigenvalue weighted by molar-refractivity contribution is 6.13. The molecule has 0 saturated carbocycles. The molecule has 0 radical (unpaired) electrons. The number of fused-ring (bicyclic) bond motifs is 1. The van der Waals surface area contributed by atoms with Crippen LogP contribution in [0.5, 0.6) is 5.75 Å². The number of aryl methyl sites for hydroxylation is 2. The van der Waals surface area contributed by atoms with E-state index in [1.165, 1.54) is 10.9 Å². The first-order valence-corrected chi connectivity index (χ1v) is 12.7. The Balaban J connectivity index is 1.58. The van der Waals surface area contributed by atoms with Gasteiger partial charge in [-0.25, -0.2) is 0 Å². The van der Waals surface area contributed by atoms with Crippen molar-refractivity contribution in [1.29, 1.82) is 0 Å². The molecule has 0 bridgehead atoms. The predicted octanol–water partition coefficient (Wildman–Crippen LogP) is 7.46. The molecule has 5 rings (SSSR count). The van der Waals surface area contributed by atoms with Crippen molar-refractivity contribution in [2.45, 2.75) is 39.2 Å². The van der Waals surface area contributed by atoms with Gasteiger partial charge in [-0.1, -0.05) is 74.0 Å². The van der Waals surface area contributed by atoms with Gasteiger partial charge in [0.15, 0.2) is 5.78 Å². The van der Waals surface area contributed by atoms with Crippen LogP contribution in [0.2, 0.25) is 0 Å². The van der Waals surface area contributed by atoms with Gasteiger partial charge in [-0.05, 0) is 48.6 Å². The summed E-state index contributed by atoms with van der Waals surface area (Å²) in [5, 5.41) is 1.18. The van der Waals surface area contributed by atoms with Gasteiger partial charge in [0.05, 0.1) is 12.7 Å². The summed E-state index contributed by atoms with van der Waals surface area (Å²) in [6.07, 6.45) is 8.12. The van der Waals surface area contributed by atoms with E-state index in [2.05, 4.69) is 53.1 Å². The smallest absolute Gasteiger partial charge is 0.195 e. The Morgan fingerprint density at radius 2 is 1.69 bits per heavy atom. The SMILES string of the molecule is CCCCc1c(C(=O)c2ccccc2)c(-c2ccccc2)cn1CCc1c[nH]c2ccc(OC)cc12. The standard InChI is InChI=1S/C32H32N2O2/c1-3-4-15-30-31(32(35)24-13-9-6-10-14-24)28(23-11-7-5-8-12-23)22-34(30)19-18-25-21-33-29-17-16-26(36-2)20-27(25)29/h5-14,16-17,20-22,33H,3-4,15,18-19H2,1-2H3. The second-order valence-electron chi connectivity index (χ2n) is 9.20. The lowest BCUT2D eigenvalue weighted by molar-refractivity contribution is 0.103. The number of nitrogens with zero attached hydrogens (tertiary/aromatic N) is 1. The number of unbranched alkanes of at least 4 members (excludes halogenated alkanes) is 1. The van der Waals surface area contributed by atoms with E-state index >= 15 is 0 Å². The van der Waals surface area contributed by atoms with E-state index in [0.717, 1.165) is 71.4 Å². The number of ether oxygens (including phenoxy) is 1. The Labute approximate surface area is 212 Å². The second kappa shape index (κ2) is 10.7. The molecule has 0 aliphatic rings. The number of methoxy groups -OCH3 is 1. The van der Waals surface area contributed by atoms with Crippen LogP contribution in [-0.2, 0) is 19.4 Å². The van der Waals surface area contributed by atoms with E-state index in [4.69, 9.17) is 4.74 Å². The summed E-state index contributed by atoms with van der Waals surface area (Å²) in [5.74, 6) is 0.950. The zero-order chi connectivity index (χ0) is 24.9. The first-order valence-electron chi connectivity index (χ1n) is 12.7. The second-order valence-corrected chi connectivity index (χ2v) is 9.20. The van der Waals surface area contributed by atoms with E-state index in [1.807, 2.05) is 54.6 Å². The first-order chi connectivity index (χ1) is 17.7. The van der Waals surface area contributed by atoms with Crippen LogP contribution in [0.15, 0.2) is 91.3 Å². The summed E-state index contributed by atoms with van der Waals surface area (Å²) >= 11 is 0. The molecule has 1 N–H and O–H groups in total. The molecular formula is C32H32N2O2. The molecule has 4 heteroatoms. The Morgan fingerprint density at radius 1 is 0.944 bits per heavy atom. The summed E-state index contributed by atoms with van der Waals surface area (Å²) in [7, 11) is 1.70. The van der Waals surface area contributed by atoms with Crippen LogP contribution in [0.1, 0.15) is 46.9 Å². The van der Waals surface area contributed by atoms with Crippen LogP contribution in [0.4, 0.5) is 0 Å². The van der Waals surface area contributed by atoms with Gasteiger partial charge < -0.3 is 14.3 Å². The van der Waals surface area contributed by atoms with Crippen LogP contribution in [0.25, 0.3) is 22.0 Å². The summed E-state index contributed by atoms with van der Waals surface area (Å²) in [6.45, 7) is 2.99. The number of nitrogens with one attached hydrogen (secondary N) is 1. The Bertz CT molecular complexity index is 1460. The van der Waals surface area contributed by atoms with E-state index in [-0.39, 0.29) is 5.78 Å². The molecule has 2 aromatic heterocycles.